The summed E-state index contributed by atoms with van der Waals surface area (Å²) in [5, 5.41) is 2.74. The molecule has 2 rings (SSSR count). The monoisotopic (exact) mass is 220 g/mol. The minimum absolute atomic E-state index is 0.578. The van der Waals surface area contributed by atoms with E-state index < -0.39 is 0 Å². The SMILES string of the molecule is Cc1cc2c(N(C)C)cccc2c(Cl)n1. The largest absolute Gasteiger partial charge is 0.377 e. The molecule has 0 atom stereocenters. The maximum atomic E-state index is 6.11. The highest BCUT2D eigenvalue weighted by atomic mass is 35.5. The van der Waals surface area contributed by atoms with Crippen molar-refractivity contribution >= 4 is 28.1 Å². The summed E-state index contributed by atoms with van der Waals surface area (Å²) in [6.45, 7) is 1.96. The molecule has 1 heterocycles. The first-order valence-electron chi connectivity index (χ1n) is 4.83. The number of fused-ring (bicyclic) bond motifs is 1. The Kier molecular flexibility index (Phi) is 2.53. The van der Waals surface area contributed by atoms with E-state index in [-0.39, 0.29) is 0 Å². The third-order valence-electron chi connectivity index (χ3n) is 2.41. The molecule has 0 fully saturated rings. The number of anilines is 1. The van der Waals surface area contributed by atoms with Gasteiger partial charge in [0.25, 0.3) is 0 Å². The van der Waals surface area contributed by atoms with Gasteiger partial charge in [0.05, 0.1) is 0 Å². The number of aromatic nitrogens is 1. The molecular weight excluding hydrogens is 208 g/mol. The zero-order chi connectivity index (χ0) is 11.0. The lowest BCUT2D eigenvalue weighted by Crippen LogP contribution is -2.09. The molecule has 0 aliphatic heterocycles. The average molecular weight is 221 g/mol. The molecule has 0 amide bonds. The first-order valence-corrected chi connectivity index (χ1v) is 5.20. The van der Waals surface area contributed by atoms with E-state index in [0.717, 1.165) is 16.5 Å². The Bertz CT molecular complexity index is 506. The number of nitrogens with zero attached hydrogens (tertiary/aromatic N) is 2. The maximum absolute atomic E-state index is 6.11. The summed E-state index contributed by atoms with van der Waals surface area (Å²) in [6.07, 6.45) is 0. The Balaban J connectivity index is 2.85. The molecule has 0 aliphatic carbocycles. The second-order valence-electron chi connectivity index (χ2n) is 3.82. The maximum Gasteiger partial charge on any atom is 0.137 e. The van der Waals surface area contributed by atoms with Crippen LogP contribution in [0.5, 0.6) is 0 Å². The number of aryl methyl sites for hydroxylation is 1. The van der Waals surface area contributed by atoms with Crippen LogP contribution in [0, 0.1) is 6.92 Å². The summed E-state index contributed by atoms with van der Waals surface area (Å²) in [6, 6.07) is 8.15. The summed E-state index contributed by atoms with van der Waals surface area (Å²) < 4.78 is 0. The molecule has 3 heteroatoms. The van der Waals surface area contributed by atoms with Gasteiger partial charge in [0.2, 0.25) is 0 Å². The lowest BCUT2D eigenvalue weighted by molar-refractivity contribution is 1.14. The van der Waals surface area contributed by atoms with Crippen molar-refractivity contribution in [2.24, 2.45) is 0 Å². The fourth-order valence-corrected chi connectivity index (χ4v) is 2.03. The van der Waals surface area contributed by atoms with Gasteiger partial charge in [-0.15, -0.1) is 0 Å². The van der Waals surface area contributed by atoms with Crippen LogP contribution in [0.25, 0.3) is 10.8 Å². The first-order chi connectivity index (χ1) is 7.09. The molecule has 2 nitrogen and oxygen atoms in total. The van der Waals surface area contributed by atoms with Gasteiger partial charge in [-0.3, -0.25) is 0 Å². The van der Waals surface area contributed by atoms with E-state index >= 15 is 0 Å². The summed E-state index contributed by atoms with van der Waals surface area (Å²) >= 11 is 6.11. The molecule has 78 valence electrons. The Morgan fingerprint density at radius 1 is 1.20 bits per heavy atom. The van der Waals surface area contributed by atoms with E-state index in [0.29, 0.717) is 5.15 Å². The third-order valence-corrected chi connectivity index (χ3v) is 2.70. The van der Waals surface area contributed by atoms with Crippen LogP contribution < -0.4 is 4.90 Å². The van der Waals surface area contributed by atoms with Crippen molar-refractivity contribution in [3.8, 4) is 0 Å². The zero-order valence-electron chi connectivity index (χ0n) is 9.08. The van der Waals surface area contributed by atoms with E-state index in [4.69, 9.17) is 11.6 Å². The van der Waals surface area contributed by atoms with E-state index in [1.54, 1.807) is 0 Å². The highest BCUT2D eigenvalue weighted by Crippen LogP contribution is 2.29. The lowest BCUT2D eigenvalue weighted by Gasteiger charge is -2.15. The number of benzene rings is 1. The van der Waals surface area contributed by atoms with Gasteiger partial charge in [-0.25, -0.2) is 4.98 Å². The topological polar surface area (TPSA) is 16.1 Å². The quantitative estimate of drug-likeness (QED) is 0.686. The predicted octanol–water partition coefficient (Wildman–Crippen LogP) is 3.26. The van der Waals surface area contributed by atoms with Gasteiger partial charge in [0.1, 0.15) is 5.15 Å². The van der Waals surface area contributed by atoms with E-state index in [9.17, 15) is 0 Å². The van der Waals surface area contributed by atoms with Crippen molar-refractivity contribution in [2.75, 3.05) is 19.0 Å². The minimum Gasteiger partial charge on any atom is -0.377 e. The third kappa shape index (κ3) is 1.77. The van der Waals surface area contributed by atoms with E-state index in [1.165, 1.54) is 5.69 Å². The van der Waals surface area contributed by atoms with Crippen LogP contribution >= 0.6 is 11.6 Å². The predicted molar refractivity (Wildman–Crippen MR) is 65.8 cm³/mol. The van der Waals surface area contributed by atoms with Crippen LogP contribution in [-0.4, -0.2) is 19.1 Å². The van der Waals surface area contributed by atoms with Gasteiger partial charge in [0, 0.05) is 36.2 Å². The summed E-state index contributed by atoms with van der Waals surface area (Å²) in [7, 11) is 4.05. The standard InChI is InChI=1S/C12H13ClN2/c1-8-7-10-9(12(13)14-8)5-4-6-11(10)15(2)3/h4-7H,1-3H3. The van der Waals surface area contributed by atoms with Gasteiger partial charge in [-0.05, 0) is 19.1 Å². The molecule has 15 heavy (non-hydrogen) atoms. The van der Waals surface area contributed by atoms with Crippen LogP contribution in [0.2, 0.25) is 5.15 Å². The molecule has 0 saturated carbocycles. The van der Waals surface area contributed by atoms with Crippen LogP contribution in [0.4, 0.5) is 5.69 Å². The van der Waals surface area contributed by atoms with Gasteiger partial charge in [0.15, 0.2) is 0 Å². The molecule has 2 aromatic rings. The zero-order valence-corrected chi connectivity index (χ0v) is 9.84. The van der Waals surface area contributed by atoms with Crippen molar-refractivity contribution in [1.29, 1.82) is 0 Å². The number of rotatable bonds is 1. The second-order valence-corrected chi connectivity index (χ2v) is 4.18. The van der Waals surface area contributed by atoms with Crippen LogP contribution in [0.1, 0.15) is 5.69 Å². The summed E-state index contributed by atoms with van der Waals surface area (Å²) in [5.74, 6) is 0. The molecule has 0 aliphatic rings. The molecule has 1 aromatic carbocycles. The normalized spacial score (nSPS) is 10.7. The molecule has 0 saturated heterocycles. The Morgan fingerprint density at radius 3 is 2.60 bits per heavy atom. The van der Waals surface area contributed by atoms with Gasteiger partial charge in [-0.1, -0.05) is 23.7 Å². The Hall–Kier alpha value is -1.28. The number of hydrogen-bond donors (Lipinski definition) is 0. The molecule has 0 spiro atoms. The highest BCUT2D eigenvalue weighted by molar-refractivity contribution is 6.34. The van der Waals surface area contributed by atoms with Crippen LogP contribution in [0.15, 0.2) is 24.3 Å². The first kappa shape index (κ1) is 10.2. The number of hydrogen-bond acceptors (Lipinski definition) is 2. The fraction of sp³-hybridized carbons (Fsp3) is 0.250. The molecule has 0 unspecified atom stereocenters. The second kappa shape index (κ2) is 3.70. The van der Waals surface area contributed by atoms with Gasteiger partial charge < -0.3 is 4.90 Å². The minimum atomic E-state index is 0.578. The van der Waals surface area contributed by atoms with Crippen molar-refractivity contribution < 1.29 is 0 Å². The van der Waals surface area contributed by atoms with E-state index in [2.05, 4.69) is 22.0 Å². The van der Waals surface area contributed by atoms with E-state index in [1.807, 2.05) is 33.2 Å². The van der Waals surface area contributed by atoms with Crippen LogP contribution in [-0.2, 0) is 0 Å². The Morgan fingerprint density at radius 2 is 1.93 bits per heavy atom. The molecule has 0 N–H and O–H groups in total. The fourth-order valence-electron chi connectivity index (χ4n) is 1.73. The molecular formula is C12H13ClN2. The van der Waals surface area contributed by atoms with Crippen molar-refractivity contribution in [3.05, 3.63) is 35.1 Å². The Labute approximate surface area is 94.5 Å². The molecule has 1 aromatic heterocycles. The van der Waals surface area contributed by atoms with Crippen molar-refractivity contribution in [1.82, 2.24) is 4.98 Å². The van der Waals surface area contributed by atoms with Crippen molar-refractivity contribution in [2.45, 2.75) is 6.92 Å². The average Bonchev–Trinajstić information content (AvgIpc) is 2.16. The number of pyridine rings is 1. The van der Waals surface area contributed by atoms with Gasteiger partial charge in [-0.2, -0.15) is 0 Å². The highest BCUT2D eigenvalue weighted by Gasteiger charge is 2.06. The molecule has 0 radical (unpaired) electrons. The number of halogens is 1. The smallest absolute Gasteiger partial charge is 0.137 e. The lowest BCUT2D eigenvalue weighted by atomic mass is 10.1. The van der Waals surface area contributed by atoms with Crippen molar-refractivity contribution in [3.63, 3.8) is 0 Å². The summed E-state index contributed by atoms with van der Waals surface area (Å²) in [5.41, 5.74) is 2.11. The van der Waals surface area contributed by atoms with Crippen LogP contribution in [0.3, 0.4) is 0 Å². The van der Waals surface area contributed by atoms with Gasteiger partial charge >= 0.3 is 0 Å². The molecule has 0 bridgehead atoms. The summed E-state index contributed by atoms with van der Waals surface area (Å²) in [4.78, 5) is 6.33.